The number of aromatic nitrogens is 3. The summed E-state index contributed by atoms with van der Waals surface area (Å²) in [6, 6.07) is 10.5. The van der Waals surface area contributed by atoms with Crippen LogP contribution in [-0.2, 0) is 0 Å². The first-order valence-corrected chi connectivity index (χ1v) is 8.88. The van der Waals surface area contributed by atoms with Crippen LogP contribution < -0.4 is 4.90 Å². The standard InChI is InChI=1S/C19H19N5O3/c1-13(25)14-7-8-16(17(11-14)24(26)27)22-9-4-5-15(12-22)19-21-20-18-6-2-3-10-23(18)19/h2-3,6-8,10-11,15H,4-5,9,12H2,1H3. The van der Waals surface area contributed by atoms with Gasteiger partial charge in [0, 0.05) is 36.8 Å². The van der Waals surface area contributed by atoms with Gasteiger partial charge in [0.1, 0.15) is 11.5 Å². The van der Waals surface area contributed by atoms with E-state index in [1.165, 1.54) is 13.0 Å². The molecule has 1 saturated heterocycles. The molecule has 0 saturated carbocycles. The number of nitrogens with zero attached hydrogens (tertiary/aromatic N) is 5. The van der Waals surface area contributed by atoms with Crippen molar-refractivity contribution in [2.45, 2.75) is 25.7 Å². The molecule has 1 atom stereocenters. The highest BCUT2D eigenvalue weighted by Gasteiger charge is 2.29. The zero-order chi connectivity index (χ0) is 19.0. The maximum Gasteiger partial charge on any atom is 0.293 e. The van der Waals surface area contributed by atoms with Gasteiger partial charge in [0.15, 0.2) is 11.4 Å². The van der Waals surface area contributed by atoms with Crippen LogP contribution in [0.15, 0.2) is 42.6 Å². The van der Waals surface area contributed by atoms with E-state index >= 15 is 0 Å². The third kappa shape index (κ3) is 3.14. The third-order valence-electron chi connectivity index (χ3n) is 5.05. The summed E-state index contributed by atoms with van der Waals surface area (Å²) in [5, 5.41) is 20.1. The van der Waals surface area contributed by atoms with Crippen molar-refractivity contribution in [1.29, 1.82) is 0 Å². The summed E-state index contributed by atoms with van der Waals surface area (Å²) in [7, 11) is 0. The number of piperidine rings is 1. The maximum atomic E-state index is 11.6. The van der Waals surface area contributed by atoms with Crippen LogP contribution in [0.4, 0.5) is 11.4 Å². The molecule has 1 fully saturated rings. The number of nitro benzene ring substituents is 1. The molecule has 1 unspecified atom stereocenters. The molecule has 0 bridgehead atoms. The number of pyridine rings is 1. The van der Waals surface area contributed by atoms with Crippen LogP contribution in [0.3, 0.4) is 0 Å². The van der Waals surface area contributed by atoms with Gasteiger partial charge >= 0.3 is 0 Å². The Morgan fingerprint density at radius 1 is 1.26 bits per heavy atom. The van der Waals surface area contributed by atoms with Gasteiger partial charge in [-0.15, -0.1) is 10.2 Å². The molecule has 1 aromatic carbocycles. The Bertz CT molecular complexity index is 1030. The number of ketones is 1. The second-order valence-corrected chi connectivity index (χ2v) is 6.79. The number of rotatable bonds is 4. The van der Waals surface area contributed by atoms with Crippen molar-refractivity contribution in [3.05, 3.63) is 64.1 Å². The summed E-state index contributed by atoms with van der Waals surface area (Å²) >= 11 is 0. The van der Waals surface area contributed by atoms with Crippen molar-refractivity contribution in [3.63, 3.8) is 0 Å². The number of Topliss-reactive ketones (excluding diaryl/α,β-unsaturated/α-hetero) is 1. The Morgan fingerprint density at radius 3 is 2.89 bits per heavy atom. The summed E-state index contributed by atoms with van der Waals surface area (Å²) in [6.07, 6.45) is 3.79. The highest BCUT2D eigenvalue weighted by molar-refractivity contribution is 5.95. The van der Waals surface area contributed by atoms with Crippen molar-refractivity contribution in [2.24, 2.45) is 0 Å². The number of hydrogen-bond donors (Lipinski definition) is 0. The number of anilines is 1. The number of benzene rings is 1. The molecule has 3 aromatic rings. The molecule has 4 rings (SSSR count). The first kappa shape index (κ1) is 17.1. The fourth-order valence-corrected chi connectivity index (χ4v) is 3.70. The summed E-state index contributed by atoms with van der Waals surface area (Å²) in [6.45, 7) is 2.76. The highest BCUT2D eigenvalue weighted by atomic mass is 16.6. The Hall–Kier alpha value is -3.29. The minimum Gasteiger partial charge on any atom is -0.365 e. The van der Waals surface area contributed by atoms with Gasteiger partial charge in [-0.3, -0.25) is 19.3 Å². The molecule has 0 N–H and O–H groups in total. The van der Waals surface area contributed by atoms with Gasteiger partial charge in [0.05, 0.1) is 4.92 Å². The Kier molecular flexibility index (Phi) is 4.31. The smallest absolute Gasteiger partial charge is 0.293 e. The van der Waals surface area contributed by atoms with Gasteiger partial charge in [-0.05, 0) is 44.0 Å². The van der Waals surface area contributed by atoms with E-state index in [4.69, 9.17) is 0 Å². The molecule has 0 aliphatic carbocycles. The molecule has 3 heterocycles. The molecular weight excluding hydrogens is 346 g/mol. The van der Waals surface area contributed by atoms with Gasteiger partial charge in [0.25, 0.3) is 5.69 Å². The van der Waals surface area contributed by atoms with Crippen LogP contribution >= 0.6 is 0 Å². The molecule has 1 aliphatic rings. The lowest BCUT2D eigenvalue weighted by molar-refractivity contribution is -0.384. The molecule has 2 aromatic heterocycles. The van der Waals surface area contributed by atoms with Gasteiger partial charge in [-0.1, -0.05) is 6.07 Å². The molecule has 8 nitrogen and oxygen atoms in total. The van der Waals surface area contributed by atoms with Crippen molar-refractivity contribution in [2.75, 3.05) is 18.0 Å². The molecule has 138 valence electrons. The van der Waals surface area contributed by atoms with Crippen LogP contribution in [0.1, 0.15) is 41.9 Å². The minimum absolute atomic E-state index is 0.0329. The monoisotopic (exact) mass is 365 g/mol. The lowest BCUT2D eigenvalue weighted by Gasteiger charge is -2.33. The quantitative estimate of drug-likeness (QED) is 0.400. The largest absolute Gasteiger partial charge is 0.365 e. The van der Waals surface area contributed by atoms with Crippen LogP contribution in [0.25, 0.3) is 5.65 Å². The number of carbonyl (C=O) groups excluding carboxylic acids is 1. The predicted octanol–water partition coefficient (Wildman–Crippen LogP) is 3.22. The average Bonchev–Trinajstić information content (AvgIpc) is 3.11. The van der Waals surface area contributed by atoms with E-state index in [-0.39, 0.29) is 17.4 Å². The zero-order valence-electron chi connectivity index (χ0n) is 14.9. The van der Waals surface area contributed by atoms with Gasteiger partial charge < -0.3 is 4.90 Å². The molecule has 1 aliphatic heterocycles. The third-order valence-corrected chi connectivity index (χ3v) is 5.05. The number of carbonyl (C=O) groups is 1. The van der Waals surface area contributed by atoms with E-state index in [2.05, 4.69) is 10.2 Å². The Balaban J connectivity index is 1.67. The van der Waals surface area contributed by atoms with E-state index in [0.717, 1.165) is 30.9 Å². The van der Waals surface area contributed by atoms with Crippen molar-refractivity contribution >= 4 is 22.8 Å². The molecule has 8 heteroatoms. The van der Waals surface area contributed by atoms with Gasteiger partial charge in [-0.25, -0.2) is 0 Å². The van der Waals surface area contributed by atoms with E-state index in [9.17, 15) is 14.9 Å². The topological polar surface area (TPSA) is 93.6 Å². The molecule has 27 heavy (non-hydrogen) atoms. The first-order valence-electron chi connectivity index (χ1n) is 8.88. The van der Waals surface area contributed by atoms with Crippen molar-refractivity contribution in [1.82, 2.24) is 14.6 Å². The maximum absolute atomic E-state index is 11.6. The summed E-state index contributed by atoms with van der Waals surface area (Å²) < 4.78 is 1.97. The Labute approximate surface area is 155 Å². The predicted molar refractivity (Wildman–Crippen MR) is 100 cm³/mol. The fraction of sp³-hybridized carbons (Fsp3) is 0.316. The highest BCUT2D eigenvalue weighted by Crippen LogP contribution is 2.35. The van der Waals surface area contributed by atoms with E-state index in [1.54, 1.807) is 12.1 Å². The second kappa shape index (κ2) is 6.79. The lowest BCUT2D eigenvalue weighted by Crippen LogP contribution is -2.35. The summed E-state index contributed by atoms with van der Waals surface area (Å²) in [5.41, 5.74) is 1.65. The zero-order valence-corrected chi connectivity index (χ0v) is 14.9. The molecule has 0 spiro atoms. The molecular formula is C19H19N5O3. The van der Waals surface area contributed by atoms with Crippen molar-refractivity contribution in [3.8, 4) is 0 Å². The average molecular weight is 365 g/mol. The lowest BCUT2D eigenvalue weighted by atomic mass is 9.96. The van der Waals surface area contributed by atoms with Crippen molar-refractivity contribution < 1.29 is 9.72 Å². The van der Waals surface area contributed by atoms with Gasteiger partial charge in [-0.2, -0.15) is 0 Å². The van der Waals surface area contributed by atoms with Crippen LogP contribution in [0.5, 0.6) is 0 Å². The number of nitro groups is 1. The normalized spacial score (nSPS) is 17.2. The number of hydrogen-bond acceptors (Lipinski definition) is 6. The fourth-order valence-electron chi connectivity index (χ4n) is 3.70. The van der Waals surface area contributed by atoms with E-state index in [0.29, 0.717) is 17.8 Å². The SMILES string of the molecule is CC(=O)c1ccc(N2CCCC(c3nnc4ccccn34)C2)c([N+](=O)[O-])c1. The number of fused-ring (bicyclic) bond motifs is 1. The summed E-state index contributed by atoms with van der Waals surface area (Å²) in [4.78, 5) is 24.7. The van der Waals surface area contributed by atoms with Crippen LogP contribution in [0.2, 0.25) is 0 Å². The van der Waals surface area contributed by atoms with E-state index < -0.39 is 4.92 Å². The van der Waals surface area contributed by atoms with Crippen LogP contribution in [-0.4, -0.2) is 38.4 Å². The minimum atomic E-state index is -0.419. The first-order chi connectivity index (χ1) is 13.0. The van der Waals surface area contributed by atoms with Crippen LogP contribution in [0, 0.1) is 10.1 Å². The second-order valence-electron chi connectivity index (χ2n) is 6.79. The molecule has 0 radical (unpaired) electrons. The Morgan fingerprint density at radius 2 is 2.11 bits per heavy atom. The molecule has 0 amide bonds. The summed E-state index contributed by atoms with van der Waals surface area (Å²) in [5.74, 6) is 0.817. The van der Waals surface area contributed by atoms with E-state index in [1.807, 2.05) is 33.7 Å². The van der Waals surface area contributed by atoms with Gasteiger partial charge in [0.2, 0.25) is 0 Å².